The summed E-state index contributed by atoms with van der Waals surface area (Å²) in [6.07, 6.45) is 13.0. The number of hydrogen-bond donors (Lipinski definition) is 2. The molecule has 6 rings (SSSR count). The number of carbonyl (C=O) groups excluding carboxylic acids is 1. The highest BCUT2D eigenvalue weighted by atomic mass is 16.1. The topological polar surface area (TPSA) is 72.9 Å². The smallest absolute Gasteiger partial charge is 0.250 e. The van der Waals surface area contributed by atoms with Gasteiger partial charge in [0.25, 0.3) is 0 Å². The lowest BCUT2D eigenvalue weighted by Crippen LogP contribution is -2.35. The Morgan fingerprint density at radius 1 is 1.05 bits per heavy atom. The number of allylic oxidation sites excluding steroid dienone is 2. The van der Waals surface area contributed by atoms with Gasteiger partial charge in [-0.3, -0.25) is 9.78 Å². The Labute approximate surface area is 218 Å². The summed E-state index contributed by atoms with van der Waals surface area (Å²) >= 11 is 0. The molecular formula is C32H34N4O. The monoisotopic (exact) mass is 490 g/mol. The first kappa shape index (κ1) is 23.5. The first-order valence-electron chi connectivity index (χ1n) is 13.4. The lowest BCUT2D eigenvalue weighted by molar-refractivity contribution is -0.114. The zero-order valence-corrected chi connectivity index (χ0v) is 21.6. The maximum atomic E-state index is 12.3. The van der Waals surface area contributed by atoms with E-state index >= 15 is 0 Å². The summed E-state index contributed by atoms with van der Waals surface area (Å²) in [5.41, 5.74) is 14.4. The van der Waals surface area contributed by atoms with E-state index in [-0.39, 0.29) is 11.9 Å². The molecule has 0 saturated heterocycles. The van der Waals surface area contributed by atoms with Crippen LogP contribution in [0.15, 0.2) is 78.1 Å². The van der Waals surface area contributed by atoms with Gasteiger partial charge in [0.05, 0.1) is 17.1 Å². The van der Waals surface area contributed by atoms with E-state index in [9.17, 15) is 4.79 Å². The molecule has 188 valence electrons. The molecule has 5 nitrogen and oxygen atoms in total. The third-order valence-corrected chi connectivity index (χ3v) is 8.26. The number of aryl methyl sites for hydroxylation is 1. The highest BCUT2D eigenvalue weighted by molar-refractivity contribution is 6.00. The Kier molecular flexibility index (Phi) is 6.07. The van der Waals surface area contributed by atoms with E-state index in [1.807, 2.05) is 24.4 Å². The van der Waals surface area contributed by atoms with Gasteiger partial charge in [-0.1, -0.05) is 55.7 Å². The highest BCUT2D eigenvalue weighted by Gasteiger charge is 2.26. The molecule has 0 spiro atoms. The van der Waals surface area contributed by atoms with Crippen LogP contribution in [0.25, 0.3) is 32.9 Å². The average Bonchev–Trinajstić information content (AvgIpc) is 3.18. The van der Waals surface area contributed by atoms with E-state index < -0.39 is 0 Å². The van der Waals surface area contributed by atoms with Crippen molar-refractivity contribution in [3.8, 4) is 11.1 Å². The Morgan fingerprint density at radius 2 is 1.86 bits per heavy atom. The van der Waals surface area contributed by atoms with E-state index in [2.05, 4.69) is 66.2 Å². The van der Waals surface area contributed by atoms with E-state index in [0.717, 1.165) is 41.4 Å². The van der Waals surface area contributed by atoms with Crippen LogP contribution in [0.4, 0.5) is 0 Å². The Balaban J connectivity index is 1.44. The molecule has 37 heavy (non-hydrogen) atoms. The van der Waals surface area contributed by atoms with E-state index in [0.29, 0.717) is 11.6 Å². The number of primary amides is 1. The molecule has 2 aliphatic rings. The van der Waals surface area contributed by atoms with Gasteiger partial charge in [0.2, 0.25) is 5.91 Å². The van der Waals surface area contributed by atoms with Gasteiger partial charge in [0.1, 0.15) is 0 Å². The molecule has 1 atom stereocenters. The Morgan fingerprint density at radius 3 is 2.68 bits per heavy atom. The number of fused-ring (bicyclic) bond motifs is 2. The lowest BCUT2D eigenvalue weighted by Gasteiger charge is -2.29. The first-order valence-corrected chi connectivity index (χ1v) is 13.4. The quantitative estimate of drug-likeness (QED) is 0.329. The zero-order valence-electron chi connectivity index (χ0n) is 21.6. The van der Waals surface area contributed by atoms with Gasteiger partial charge < -0.3 is 15.6 Å². The molecule has 2 heterocycles. The lowest BCUT2D eigenvalue weighted by atomic mass is 9.93. The summed E-state index contributed by atoms with van der Waals surface area (Å²) in [5, 5.41) is 6.09. The maximum absolute atomic E-state index is 12.3. The molecule has 3 N–H and O–H groups in total. The second kappa shape index (κ2) is 9.55. The van der Waals surface area contributed by atoms with Crippen LogP contribution in [0, 0.1) is 13.8 Å². The second-order valence-electron chi connectivity index (χ2n) is 10.5. The first-order chi connectivity index (χ1) is 18.0. The molecule has 1 fully saturated rings. The molecule has 1 unspecified atom stereocenters. The van der Waals surface area contributed by atoms with Crippen molar-refractivity contribution in [3.05, 3.63) is 89.4 Å². The van der Waals surface area contributed by atoms with Gasteiger partial charge in [0.15, 0.2) is 0 Å². The average molecular weight is 491 g/mol. The number of pyridine rings is 1. The molecule has 1 amide bonds. The molecule has 4 aromatic rings. The third-order valence-electron chi connectivity index (χ3n) is 8.26. The number of carbonyl (C=O) groups is 1. The van der Waals surface area contributed by atoms with Crippen molar-refractivity contribution >= 4 is 27.7 Å². The summed E-state index contributed by atoms with van der Waals surface area (Å²) in [6.45, 7) is 4.41. The summed E-state index contributed by atoms with van der Waals surface area (Å²) in [7, 11) is 0. The Bertz CT molecular complexity index is 1570. The van der Waals surface area contributed by atoms with Crippen molar-refractivity contribution in [2.24, 2.45) is 5.73 Å². The van der Waals surface area contributed by atoms with Gasteiger partial charge in [-0.2, -0.15) is 0 Å². The van der Waals surface area contributed by atoms with Crippen molar-refractivity contribution in [2.75, 3.05) is 0 Å². The number of nitrogens with zero attached hydrogens (tertiary/aromatic N) is 2. The predicted octanol–water partition coefficient (Wildman–Crippen LogP) is 6.64. The van der Waals surface area contributed by atoms with Crippen LogP contribution in [0.2, 0.25) is 0 Å². The number of para-hydroxylation sites is 1. The fourth-order valence-corrected chi connectivity index (χ4v) is 6.27. The van der Waals surface area contributed by atoms with E-state index in [4.69, 9.17) is 10.7 Å². The summed E-state index contributed by atoms with van der Waals surface area (Å²) in [6, 6.07) is 17.5. The molecule has 2 aromatic heterocycles. The SMILES string of the molecule is Cc1c(C)n(C2C=C(NC3CCCCC3)C(C(N)=O)=CC2)c2cccc(-c3cnc4ccccc4c3)c12. The van der Waals surface area contributed by atoms with Gasteiger partial charge in [0, 0.05) is 45.5 Å². The number of hydrogen-bond acceptors (Lipinski definition) is 3. The maximum Gasteiger partial charge on any atom is 0.250 e. The zero-order chi connectivity index (χ0) is 25.5. The second-order valence-corrected chi connectivity index (χ2v) is 10.5. The van der Waals surface area contributed by atoms with Gasteiger partial charge in [-0.05, 0) is 68.5 Å². The van der Waals surface area contributed by atoms with Crippen LogP contribution in [0.1, 0.15) is 55.8 Å². The number of amides is 1. The molecule has 0 bridgehead atoms. The van der Waals surface area contributed by atoms with Crippen molar-refractivity contribution < 1.29 is 4.79 Å². The minimum atomic E-state index is -0.357. The number of nitrogens with two attached hydrogens (primary N) is 1. The van der Waals surface area contributed by atoms with Crippen LogP contribution in [0.5, 0.6) is 0 Å². The molecular weight excluding hydrogens is 456 g/mol. The van der Waals surface area contributed by atoms with Crippen molar-refractivity contribution in [1.29, 1.82) is 0 Å². The fraction of sp³-hybridized carbons (Fsp3) is 0.312. The van der Waals surface area contributed by atoms with E-state index in [1.165, 1.54) is 47.0 Å². The van der Waals surface area contributed by atoms with Crippen LogP contribution < -0.4 is 11.1 Å². The molecule has 2 aromatic carbocycles. The van der Waals surface area contributed by atoms with Gasteiger partial charge in [-0.15, -0.1) is 0 Å². The van der Waals surface area contributed by atoms with Crippen LogP contribution in [0.3, 0.4) is 0 Å². The molecule has 5 heteroatoms. The van der Waals surface area contributed by atoms with Crippen LogP contribution in [-0.2, 0) is 4.79 Å². The van der Waals surface area contributed by atoms with Crippen LogP contribution in [-0.4, -0.2) is 21.5 Å². The molecule has 0 radical (unpaired) electrons. The number of rotatable bonds is 5. The van der Waals surface area contributed by atoms with Crippen molar-refractivity contribution in [3.63, 3.8) is 0 Å². The van der Waals surface area contributed by atoms with Crippen molar-refractivity contribution in [1.82, 2.24) is 14.9 Å². The highest BCUT2D eigenvalue weighted by Crippen LogP contribution is 2.39. The molecule has 0 aliphatic heterocycles. The number of nitrogens with one attached hydrogen (secondary N) is 1. The third kappa shape index (κ3) is 4.22. The van der Waals surface area contributed by atoms with Crippen molar-refractivity contribution in [2.45, 2.75) is 64.5 Å². The fourth-order valence-electron chi connectivity index (χ4n) is 6.27. The van der Waals surface area contributed by atoms with Gasteiger partial charge in [-0.25, -0.2) is 0 Å². The Hall–Kier alpha value is -3.86. The number of benzene rings is 2. The largest absolute Gasteiger partial charge is 0.382 e. The number of aromatic nitrogens is 2. The normalized spacial score (nSPS) is 18.6. The van der Waals surface area contributed by atoms with Crippen LogP contribution >= 0.6 is 0 Å². The van der Waals surface area contributed by atoms with Gasteiger partial charge >= 0.3 is 0 Å². The summed E-state index contributed by atoms with van der Waals surface area (Å²) in [5.74, 6) is -0.357. The van der Waals surface area contributed by atoms with E-state index in [1.54, 1.807) is 0 Å². The standard InChI is InChI=1S/C32H34N4O/c1-20-21(2)36(25-15-16-27(32(33)37)29(18-25)35-24-10-4-3-5-11-24)30-14-8-12-26(31(20)30)23-17-22-9-6-7-13-28(22)34-19-23/h6-9,12-14,16-19,24-25,35H,3-5,10-11,15H2,1-2H3,(H2,33,37). The predicted molar refractivity (Wildman–Crippen MR) is 151 cm³/mol. The molecule has 1 saturated carbocycles. The minimum absolute atomic E-state index is 0.107. The minimum Gasteiger partial charge on any atom is -0.382 e. The molecule has 2 aliphatic carbocycles. The summed E-state index contributed by atoms with van der Waals surface area (Å²) in [4.78, 5) is 17.0. The summed E-state index contributed by atoms with van der Waals surface area (Å²) < 4.78 is 2.43.